The number of nitrogens with one attached hydrogen (secondary N) is 1. The number of aryl methyl sites for hydroxylation is 1. The molecule has 1 heterocycles. The van der Waals surface area contributed by atoms with Crippen molar-refractivity contribution in [2.75, 3.05) is 5.32 Å². The van der Waals surface area contributed by atoms with E-state index in [9.17, 15) is 13.6 Å². The van der Waals surface area contributed by atoms with Gasteiger partial charge in [-0.2, -0.15) is 0 Å². The normalized spacial score (nSPS) is 16.9. The Labute approximate surface area is 133 Å². The molecule has 1 N–H and O–H groups in total. The molecule has 1 amide bonds. The summed E-state index contributed by atoms with van der Waals surface area (Å²) in [6, 6.07) is 5.60. The second kappa shape index (κ2) is 5.65. The summed E-state index contributed by atoms with van der Waals surface area (Å²) in [5, 5.41) is 3.68. The average molecular weight is 316 g/mol. The number of carbonyl (C=O) groups excluding carboxylic acids is 1. The van der Waals surface area contributed by atoms with Gasteiger partial charge >= 0.3 is 0 Å². The smallest absolute Gasteiger partial charge is 0.251 e. The zero-order valence-electron chi connectivity index (χ0n) is 12.9. The predicted octanol–water partition coefficient (Wildman–Crippen LogP) is 4.51. The van der Waals surface area contributed by atoms with Crippen LogP contribution in [-0.2, 0) is 11.8 Å². The Morgan fingerprint density at radius 2 is 2.22 bits per heavy atom. The highest BCUT2D eigenvalue weighted by molar-refractivity contribution is 6.02. The highest BCUT2D eigenvalue weighted by Crippen LogP contribution is 2.39. The van der Waals surface area contributed by atoms with Crippen molar-refractivity contribution < 1.29 is 13.6 Å². The second-order valence-corrected chi connectivity index (χ2v) is 5.87. The van der Waals surface area contributed by atoms with Gasteiger partial charge in [-0.15, -0.1) is 0 Å². The van der Waals surface area contributed by atoms with Crippen molar-refractivity contribution >= 4 is 28.1 Å². The van der Waals surface area contributed by atoms with E-state index in [1.807, 2.05) is 36.0 Å². The van der Waals surface area contributed by atoms with Gasteiger partial charge in [0.1, 0.15) is 0 Å². The first-order chi connectivity index (χ1) is 10.9. The molecule has 0 saturated heterocycles. The number of hydrogen-bond donors (Lipinski definition) is 1. The van der Waals surface area contributed by atoms with Crippen LogP contribution in [0.2, 0.25) is 0 Å². The van der Waals surface area contributed by atoms with Gasteiger partial charge in [0.05, 0.1) is 0 Å². The number of alkyl halides is 2. The van der Waals surface area contributed by atoms with Crippen LogP contribution in [0.25, 0.3) is 16.5 Å². The number of halogens is 2. The minimum Gasteiger partial charge on any atom is -0.350 e. The number of amides is 1. The van der Waals surface area contributed by atoms with E-state index in [1.54, 1.807) is 6.08 Å². The molecule has 0 aliphatic heterocycles. The molecule has 1 aliphatic carbocycles. The summed E-state index contributed by atoms with van der Waals surface area (Å²) < 4.78 is 28.7. The maximum Gasteiger partial charge on any atom is 0.251 e. The van der Waals surface area contributed by atoms with E-state index < -0.39 is 5.92 Å². The summed E-state index contributed by atoms with van der Waals surface area (Å²) in [4.78, 5) is 11.5. The maximum atomic E-state index is 13.4. The molecule has 23 heavy (non-hydrogen) atoms. The first kappa shape index (κ1) is 15.5. The summed E-state index contributed by atoms with van der Waals surface area (Å²) >= 11 is 0. The lowest BCUT2D eigenvalue weighted by molar-refractivity contribution is -0.111. The molecule has 0 bridgehead atoms. The monoisotopic (exact) mass is 316 g/mol. The van der Waals surface area contributed by atoms with Gasteiger partial charge in [-0.05, 0) is 36.3 Å². The van der Waals surface area contributed by atoms with Crippen LogP contribution in [0.5, 0.6) is 0 Å². The number of hydrogen-bond acceptors (Lipinski definition) is 1. The van der Waals surface area contributed by atoms with Gasteiger partial charge in [0.25, 0.3) is 5.92 Å². The molecule has 0 saturated carbocycles. The van der Waals surface area contributed by atoms with Crippen molar-refractivity contribution in [1.29, 1.82) is 0 Å². The second-order valence-electron chi connectivity index (χ2n) is 5.87. The Bertz CT molecular complexity index is 818. The van der Waals surface area contributed by atoms with Gasteiger partial charge in [0.2, 0.25) is 5.91 Å². The van der Waals surface area contributed by atoms with Crippen molar-refractivity contribution in [3.63, 3.8) is 0 Å². The zero-order valence-corrected chi connectivity index (χ0v) is 12.9. The van der Waals surface area contributed by atoms with Gasteiger partial charge < -0.3 is 9.88 Å². The third-order valence-electron chi connectivity index (χ3n) is 4.20. The van der Waals surface area contributed by atoms with Gasteiger partial charge in [-0.1, -0.05) is 12.7 Å². The fourth-order valence-corrected chi connectivity index (χ4v) is 2.96. The fraction of sp³-hybridized carbons (Fsp3) is 0.278. The van der Waals surface area contributed by atoms with Crippen molar-refractivity contribution in [1.82, 2.24) is 4.57 Å². The molecule has 1 aromatic heterocycles. The highest BCUT2D eigenvalue weighted by Gasteiger charge is 2.31. The number of anilines is 1. The predicted molar refractivity (Wildman–Crippen MR) is 88.5 cm³/mol. The first-order valence-electron chi connectivity index (χ1n) is 7.49. The Morgan fingerprint density at radius 1 is 1.43 bits per heavy atom. The third kappa shape index (κ3) is 3.04. The van der Waals surface area contributed by atoms with Crippen LogP contribution in [0, 0.1) is 0 Å². The first-order valence-corrected chi connectivity index (χ1v) is 7.49. The van der Waals surface area contributed by atoms with Crippen molar-refractivity contribution in [2.45, 2.75) is 25.2 Å². The number of rotatable bonds is 3. The van der Waals surface area contributed by atoms with E-state index in [0.29, 0.717) is 12.1 Å². The molecule has 0 spiro atoms. The van der Waals surface area contributed by atoms with Crippen LogP contribution in [0.4, 0.5) is 14.5 Å². The molecule has 3 rings (SSSR count). The molecule has 0 radical (unpaired) electrons. The third-order valence-corrected chi connectivity index (χ3v) is 4.20. The fourth-order valence-electron chi connectivity index (χ4n) is 2.96. The maximum absolute atomic E-state index is 13.4. The Morgan fingerprint density at radius 3 is 2.87 bits per heavy atom. The van der Waals surface area contributed by atoms with E-state index in [0.717, 1.165) is 22.0 Å². The van der Waals surface area contributed by atoms with Gasteiger partial charge in [-0.3, -0.25) is 4.79 Å². The summed E-state index contributed by atoms with van der Waals surface area (Å²) in [7, 11) is 1.92. The molecule has 0 atom stereocenters. The molecule has 2 aromatic rings. The SMILES string of the molecule is C=CC(=O)Nc1ccc2c(c1)c(C1=CCC(F)(F)CC1)cn2C. The molecule has 3 nitrogen and oxygen atoms in total. The van der Waals surface area contributed by atoms with E-state index in [-0.39, 0.29) is 18.7 Å². The molecule has 1 aliphatic rings. The molecule has 1 aromatic carbocycles. The van der Waals surface area contributed by atoms with Crippen LogP contribution in [0.15, 0.2) is 43.1 Å². The molecular weight excluding hydrogens is 298 g/mol. The lowest BCUT2D eigenvalue weighted by atomic mass is 9.91. The number of fused-ring (bicyclic) bond motifs is 1. The Balaban J connectivity index is 2.03. The standard InChI is InChI=1S/C18H18F2N2O/c1-3-17(23)21-13-4-5-16-14(10-13)15(11-22(16)2)12-6-8-18(19,20)9-7-12/h3-6,10-11H,1,7-9H2,2H3,(H,21,23). The lowest BCUT2D eigenvalue weighted by Gasteiger charge is -2.21. The van der Waals surface area contributed by atoms with E-state index >= 15 is 0 Å². The number of benzene rings is 1. The average Bonchev–Trinajstić information content (AvgIpc) is 2.84. The molecule has 5 heteroatoms. The summed E-state index contributed by atoms with van der Waals surface area (Å²) in [6.45, 7) is 3.43. The minimum atomic E-state index is -2.60. The quantitative estimate of drug-likeness (QED) is 0.831. The molecule has 120 valence electrons. The highest BCUT2D eigenvalue weighted by atomic mass is 19.3. The van der Waals surface area contributed by atoms with Crippen molar-refractivity contribution in [2.24, 2.45) is 7.05 Å². The summed E-state index contributed by atoms with van der Waals surface area (Å²) in [5.41, 5.74) is 3.55. The molecular formula is C18H18F2N2O. The van der Waals surface area contributed by atoms with Crippen molar-refractivity contribution in [3.05, 3.63) is 48.7 Å². The number of carbonyl (C=O) groups is 1. The van der Waals surface area contributed by atoms with Crippen LogP contribution < -0.4 is 5.32 Å². The van der Waals surface area contributed by atoms with Crippen molar-refractivity contribution in [3.8, 4) is 0 Å². The number of aromatic nitrogens is 1. The Hall–Kier alpha value is -2.43. The van der Waals surface area contributed by atoms with Crippen LogP contribution >= 0.6 is 0 Å². The summed E-state index contributed by atoms with van der Waals surface area (Å²) in [6.07, 6.45) is 4.82. The van der Waals surface area contributed by atoms with Crippen LogP contribution in [0.1, 0.15) is 24.8 Å². The zero-order chi connectivity index (χ0) is 16.6. The lowest BCUT2D eigenvalue weighted by Crippen LogP contribution is -2.18. The van der Waals surface area contributed by atoms with E-state index in [4.69, 9.17) is 0 Å². The number of allylic oxidation sites excluding steroid dienone is 2. The van der Waals surface area contributed by atoms with Crippen LogP contribution in [-0.4, -0.2) is 16.4 Å². The van der Waals surface area contributed by atoms with Gasteiger partial charge in [0.15, 0.2) is 0 Å². The largest absolute Gasteiger partial charge is 0.350 e. The van der Waals surface area contributed by atoms with Gasteiger partial charge in [-0.25, -0.2) is 8.78 Å². The summed E-state index contributed by atoms with van der Waals surface area (Å²) in [5.74, 6) is -2.88. The van der Waals surface area contributed by atoms with E-state index in [2.05, 4.69) is 11.9 Å². The molecule has 0 unspecified atom stereocenters. The van der Waals surface area contributed by atoms with Crippen LogP contribution in [0.3, 0.4) is 0 Å². The van der Waals surface area contributed by atoms with Gasteiger partial charge in [0, 0.05) is 48.2 Å². The minimum absolute atomic E-state index is 0.123. The van der Waals surface area contributed by atoms with E-state index in [1.165, 1.54) is 6.08 Å². The topological polar surface area (TPSA) is 34.0 Å². The molecule has 0 fully saturated rings. The Kier molecular flexibility index (Phi) is 3.80. The number of nitrogens with zero attached hydrogens (tertiary/aromatic N) is 1.